The van der Waals surface area contributed by atoms with Gasteiger partial charge in [0.05, 0.1) is 25.9 Å². The lowest BCUT2D eigenvalue weighted by Crippen LogP contribution is -2.54. The molecule has 0 aromatic carbocycles. The molecule has 0 spiro atoms. The Bertz CT molecular complexity index is 431. The summed E-state index contributed by atoms with van der Waals surface area (Å²) in [5.74, 6) is 0.0611. The lowest BCUT2D eigenvalue weighted by molar-refractivity contribution is -0.153. The van der Waals surface area contributed by atoms with Crippen molar-refractivity contribution in [1.82, 2.24) is 20.0 Å². The first-order valence-electron chi connectivity index (χ1n) is 7.03. The van der Waals surface area contributed by atoms with Crippen LogP contribution in [-0.4, -0.2) is 72.2 Å². The molecule has 2 fully saturated rings. The number of carbonyl (C=O) groups is 1. The maximum absolute atomic E-state index is 12.4. The van der Waals surface area contributed by atoms with Gasteiger partial charge in [0.2, 0.25) is 0 Å². The summed E-state index contributed by atoms with van der Waals surface area (Å²) in [6.07, 6.45) is 3.28. The molecule has 2 atom stereocenters. The zero-order valence-electron chi connectivity index (χ0n) is 11.4. The van der Waals surface area contributed by atoms with Gasteiger partial charge in [0.25, 0.3) is 5.91 Å². The van der Waals surface area contributed by atoms with Gasteiger partial charge in [0, 0.05) is 38.6 Å². The van der Waals surface area contributed by atoms with Crippen LogP contribution in [0.1, 0.15) is 0 Å². The summed E-state index contributed by atoms with van der Waals surface area (Å²) in [6, 6.07) is 1.88. The van der Waals surface area contributed by atoms with Crippen molar-refractivity contribution in [3.05, 3.63) is 18.5 Å². The van der Waals surface area contributed by atoms with Gasteiger partial charge in [-0.25, -0.2) is 0 Å². The minimum atomic E-state index is -0.354. The lowest BCUT2D eigenvalue weighted by atomic mass is 10.2. The van der Waals surface area contributed by atoms with Crippen molar-refractivity contribution in [2.24, 2.45) is 0 Å². The second kappa shape index (κ2) is 6.34. The quantitative estimate of drug-likeness (QED) is 0.777. The highest BCUT2D eigenvalue weighted by Gasteiger charge is 2.31. The fourth-order valence-electron chi connectivity index (χ4n) is 2.57. The van der Waals surface area contributed by atoms with Crippen molar-refractivity contribution in [1.29, 1.82) is 0 Å². The van der Waals surface area contributed by atoms with Crippen LogP contribution in [0.3, 0.4) is 0 Å². The molecule has 3 rings (SSSR count). The van der Waals surface area contributed by atoms with Crippen molar-refractivity contribution in [3.8, 4) is 0 Å². The van der Waals surface area contributed by atoms with Crippen molar-refractivity contribution in [3.63, 3.8) is 0 Å². The predicted octanol–water partition coefficient (Wildman–Crippen LogP) is -0.901. The zero-order valence-corrected chi connectivity index (χ0v) is 11.4. The fourth-order valence-corrected chi connectivity index (χ4v) is 2.57. The SMILES string of the molecule is O=C(C1CNCCO1)N1CCOC(Cn2cccn2)C1. The van der Waals surface area contributed by atoms with Crippen LogP contribution in [0.25, 0.3) is 0 Å². The molecule has 2 aliphatic heterocycles. The lowest BCUT2D eigenvalue weighted by Gasteiger charge is -2.35. The van der Waals surface area contributed by atoms with Gasteiger partial charge < -0.3 is 19.7 Å². The molecule has 1 amide bonds. The largest absolute Gasteiger partial charge is 0.373 e. The van der Waals surface area contributed by atoms with Crippen LogP contribution in [0.5, 0.6) is 0 Å². The molecule has 0 radical (unpaired) electrons. The minimum absolute atomic E-state index is 0.0100. The molecule has 7 nitrogen and oxygen atoms in total. The highest BCUT2D eigenvalue weighted by Crippen LogP contribution is 2.11. The Morgan fingerprint density at radius 2 is 2.35 bits per heavy atom. The van der Waals surface area contributed by atoms with Crippen molar-refractivity contribution in [2.75, 3.05) is 39.4 Å². The molecular weight excluding hydrogens is 260 g/mol. The van der Waals surface area contributed by atoms with E-state index in [0.29, 0.717) is 39.4 Å². The molecule has 2 unspecified atom stereocenters. The van der Waals surface area contributed by atoms with Gasteiger partial charge in [-0.3, -0.25) is 9.48 Å². The van der Waals surface area contributed by atoms with Gasteiger partial charge in [-0.1, -0.05) is 0 Å². The van der Waals surface area contributed by atoms with Crippen molar-refractivity contribution >= 4 is 5.91 Å². The highest BCUT2D eigenvalue weighted by molar-refractivity contribution is 5.81. The Balaban J connectivity index is 1.55. The summed E-state index contributed by atoms with van der Waals surface area (Å²) >= 11 is 0. The third kappa shape index (κ3) is 3.17. The van der Waals surface area contributed by atoms with E-state index in [-0.39, 0.29) is 18.1 Å². The number of aromatic nitrogens is 2. The predicted molar refractivity (Wildman–Crippen MR) is 71.2 cm³/mol. The highest BCUT2D eigenvalue weighted by atomic mass is 16.5. The third-order valence-electron chi connectivity index (χ3n) is 3.60. The molecule has 0 saturated carbocycles. The van der Waals surface area contributed by atoms with Crippen molar-refractivity contribution in [2.45, 2.75) is 18.8 Å². The van der Waals surface area contributed by atoms with Gasteiger partial charge in [-0.05, 0) is 6.07 Å². The summed E-state index contributed by atoms with van der Waals surface area (Å²) in [5, 5.41) is 7.35. The van der Waals surface area contributed by atoms with E-state index < -0.39 is 0 Å². The molecule has 2 saturated heterocycles. The van der Waals surface area contributed by atoms with Crippen LogP contribution in [0.4, 0.5) is 0 Å². The van der Waals surface area contributed by atoms with E-state index in [1.54, 1.807) is 6.20 Å². The number of hydrogen-bond acceptors (Lipinski definition) is 5. The van der Waals surface area contributed by atoms with Crippen molar-refractivity contribution < 1.29 is 14.3 Å². The number of nitrogens with one attached hydrogen (secondary N) is 1. The van der Waals surface area contributed by atoms with Crippen LogP contribution >= 0.6 is 0 Å². The first kappa shape index (κ1) is 13.5. The third-order valence-corrected chi connectivity index (χ3v) is 3.60. The molecule has 0 aliphatic carbocycles. The van der Waals surface area contributed by atoms with Crippen LogP contribution in [0.2, 0.25) is 0 Å². The molecule has 1 N–H and O–H groups in total. The standard InChI is InChI=1S/C13H20N4O3/c18-13(12-8-14-3-6-20-12)16-5-7-19-11(9-16)10-17-4-1-2-15-17/h1-2,4,11-12,14H,3,5-10H2. The molecule has 1 aromatic rings. The minimum Gasteiger partial charge on any atom is -0.373 e. The van der Waals surface area contributed by atoms with E-state index in [4.69, 9.17) is 9.47 Å². The summed E-state index contributed by atoms with van der Waals surface area (Å²) in [4.78, 5) is 14.2. The number of morpholine rings is 2. The number of hydrogen-bond donors (Lipinski definition) is 1. The first-order valence-corrected chi connectivity index (χ1v) is 7.03. The van der Waals surface area contributed by atoms with Gasteiger partial charge in [0.1, 0.15) is 6.10 Å². The molecule has 110 valence electrons. The number of nitrogens with zero attached hydrogens (tertiary/aromatic N) is 3. The second-order valence-corrected chi connectivity index (χ2v) is 5.07. The van der Waals surface area contributed by atoms with E-state index in [1.807, 2.05) is 21.8 Å². The zero-order chi connectivity index (χ0) is 13.8. The Morgan fingerprint density at radius 1 is 1.40 bits per heavy atom. The molecule has 3 heterocycles. The average molecular weight is 280 g/mol. The monoisotopic (exact) mass is 280 g/mol. The molecule has 1 aromatic heterocycles. The summed E-state index contributed by atoms with van der Waals surface area (Å²) in [7, 11) is 0. The van der Waals surface area contributed by atoms with Gasteiger partial charge in [-0.15, -0.1) is 0 Å². The second-order valence-electron chi connectivity index (χ2n) is 5.07. The number of ether oxygens (including phenoxy) is 2. The molecule has 20 heavy (non-hydrogen) atoms. The Morgan fingerprint density at radius 3 is 3.10 bits per heavy atom. The average Bonchev–Trinajstić information content (AvgIpc) is 3.01. The first-order chi connectivity index (χ1) is 9.83. The van der Waals surface area contributed by atoms with Crippen LogP contribution < -0.4 is 5.32 Å². The smallest absolute Gasteiger partial charge is 0.253 e. The molecular formula is C13H20N4O3. The van der Waals surface area contributed by atoms with Crippen LogP contribution in [-0.2, 0) is 20.8 Å². The normalized spacial score (nSPS) is 27.5. The van der Waals surface area contributed by atoms with E-state index in [1.165, 1.54) is 0 Å². The fraction of sp³-hybridized carbons (Fsp3) is 0.692. The Kier molecular flexibility index (Phi) is 4.29. The topological polar surface area (TPSA) is 68.6 Å². The Labute approximate surface area is 117 Å². The number of amides is 1. The van der Waals surface area contributed by atoms with E-state index in [0.717, 1.165) is 6.54 Å². The molecule has 7 heteroatoms. The van der Waals surface area contributed by atoms with E-state index >= 15 is 0 Å². The molecule has 2 aliphatic rings. The summed E-state index contributed by atoms with van der Waals surface area (Å²) in [5.41, 5.74) is 0. The number of rotatable bonds is 3. The molecule has 0 bridgehead atoms. The van der Waals surface area contributed by atoms with Gasteiger partial charge in [-0.2, -0.15) is 5.10 Å². The summed E-state index contributed by atoms with van der Waals surface area (Å²) < 4.78 is 13.1. The number of carbonyl (C=O) groups excluding carboxylic acids is 1. The van der Waals surface area contributed by atoms with Crippen LogP contribution in [0, 0.1) is 0 Å². The maximum atomic E-state index is 12.4. The van der Waals surface area contributed by atoms with E-state index in [2.05, 4.69) is 10.4 Å². The maximum Gasteiger partial charge on any atom is 0.253 e. The van der Waals surface area contributed by atoms with Crippen LogP contribution in [0.15, 0.2) is 18.5 Å². The van der Waals surface area contributed by atoms with E-state index in [9.17, 15) is 4.79 Å². The van der Waals surface area contributed by atoms with Gasteiger partial charge >= 0.3 is 0 Å². The Hall–Kier alpha value is -1.44. The van der Waals surface area contributed by atoms with Gasteiger partial charge in [0.15, 0.2) is 0 Å². The summed E-state index contributed by atoms with van der Waals surface area (Å²) in [6.45, 7) is 4.47.